The van der Waals surface area contributed by atoms with E-state index in [1.54, 1.807) is 17.7 Å². The standard InChI is InChI=1S/C15H14N2O3S/c1-20-7-6-10-2-4-11(5-3-10)12-8-17-9-13(14(18)19)21-15(17)16-12/h2-5,8-9H,6-7H2,1H3,(H,18,19). The maximum absolute atomic E-state index is 10.9. The van der Waals surface area contributed by atoms with Gasteiger partial charge in [0.25, 0.3) is 0 Å². The summed E-state index contributed by atoms with van der Waals surface area (Å²) in [6.07, 6.45) is 4.32. The molecule has 6 heteroatoms. The molecule has 0 amide bonds. The van der Waals surface area contributed by atoms with Crippen LogP contribution in [0.4, 0.5) is 0 Å². The summed E-state index contributed by atoms with van der Waals surface area (Å²) in [7, 11) is 1.69. The maximum Gasteiger partial charge on any atom is 0.347 e. The molecule has 0 aliphatic heterocycles. The number of fused-ring (bicyclic) bond motifs is 1. The van der Waals surface area contributed by atoms with Gasteiger partial charge in [0.2, 0.25) is 0 Å². The average molecular weight is 302 g/mol. The van der Waals surface area contributed by atoms with Crippen LogP contribution in [0.15, 0.2) is 36.7 Å². The van der Waals surface area contributed by atoms with Gasteiger partial charge in [-0.2, -0.15) is 0 Å². The molecule has 3 aromatic rings. The molecule has 0 fully saturated rings. The van der Waals surface area contributed by atoms with Crippen molar-refractivity contribution in [3.05, 3.63) is 47.1 Å². The Kier molecular flexibility index (Phi) is 3.72. The van der Waals surface area contributed by atoms with Crippen LogP contribution < -0.4 is 0 Å². The summed E-state index contributed by atoms with van der Waals surface area (Å²) in [5.41, 5.74) is 3.08. The molecule has 3 rings (SSSR count). The van der Waals surface area contributed by atoms with Crippen molar-refractivity contribution in [2.45, 2.75) is 6.42 Å². The summed E-state index contributed by atoms with van der Waals surface area (Å²) in [6.45, 7) is 0.706. The Bertz CT molecular complexity index is 742. The topological polar surface area (TPSA) is 63.8 Å². The molecule has 1 aromatic carbocycles. The summed E-state index contributed by atoms with van der Waals surface area (Å²) in [5, 5.41) is 8.95. The minimum atomic E-state index is -0.922. The molecule has 21 heavy (non-hydrogen) atoms. The fourth-order valence-electron chi connectivity index (χ4n) is 2.10. The predicted molar refractivity (Wildman–Crippen MR) is 81.0 cm³/mol. The lowest BCUT2D eigenvalue weighted by Gasteiger charge is -2.01. The average Bonchev–Trinajstić information content (AvgIpc) is 3.04. The number of thiazole rings is 1. The van der Waals surface area contributed by atoms with Gasteiger partial charge in [0.1, 0.15) is 4.88 Å². The second kappa shape index (κ2) is 5.67. The first kappa shape index (κ1) is 13.8. The number of carboxylic acid groups (broad SMARTS) is 1. The van der Waals surface area contributed by atoms with Gasteiger partial charge in [-0.05, 0) is 12.0 Å². The Balaban J connectivity index is 1.86. The lowest BCUT2D eigenvalue weighted by Crippen LogP contribution is -1.93. The minimum absolute atomic E-state index is 0.291. The van der Waals surface area contributed by atoms with E-state index in [2.05, 4.69) is 17.1 Å². The molecule has 0 saturated carbocycles. The van der Waals surface area contributed by atoms with Crippen molar-refractivity contribution in [3.63, 3.8) is 0 Å². The van der Waals surface area contributed by atoms with Crippen LogP contribution in [0.5, 0.6) is 0 Å². The second-order valence-electron chi connectivity index (χ2n) is 4.66. The van der Waals surface area contributed by atoms with Gasteiger partial charge < -0.3 is 9.84 Å². The number of imidazole rings is 1. The van der Waals surface area contributed by atoms with E-state index >= 15 is 0 Å². The summed E-state index contributed by atoms with van der Waals surface area (Å²) < 4.78 is 6.81. The molecule has 5 nitrogen and oxygen atoms in total. The number of hydrogen-bond donors (Lipinski definition) is 1. The van der Waals surface area contributed by atoms with Crippen molar-refractivity contribution in [3.8, 4) is 11.3 Å². The van der Waals surface area contributed by atoms with Gasteiger partial charge in [-0.3, -0.25) is 4.40 Å². The van der Waals surface area contributed by atoms with E-state index in [-0.39, 0.29) is 0 Å². The van der Waals surface area contributed by atoms with Crippen molar-refractivity contribution in [1.82, 2.24) is 9.38 Å². The highest BCUT2D eigenvalue weighted by Gasteiger charge is 2.12. The van der Waals surface area contributed by atoms with Crippen molar-refractivity contribution >= 4 is 22.3 Å². The first-order valence-electron chi connectivity index (χ1n) is 6.47. The zero-order chi connectivity index (χ0) is 14.8. The molecule has 0 unspecified atom stereocenters. The Morgan fingerprint density at radius 1 is 1.33 bits per heavy atom. The van der Waals surface area contributed by atoms with Gasteiger partial charge >= 0.3 is 5.97 Å². The number of aromatic carboxylic acids is 1. The van der Waals surface area contributed by atoms with Crippen LogP contribution in [0.25, 0.3) is 16.2 Å². The first-order chi connectivity index (χ1) is 10.2. The number of aromatic nitrogens is 2. The van der Waals surface area contributed by atoms with E-state index in [1.807, 2.05) is 18.3 Å². The van der Waals surface area contributed by atoms with Gasteiger partial charge in [-0.1, -0.05) is 35.6 Å². The van der Waals surface area contributed by atoms with Gasteiger partial charge in [-0.15, -0.1) is 0 Å². The number of ether oxygens (including phenoxy) is 1. The van der Waals surface area contributed by atoms with E-state index in [0.717, 1.165) is 17.7 Å². The number of carboxylic acids is 1. The molecular formula is C15H14N2O3S. The number of benzene rings is 1. The molecule has 1 N–H and O–H groups in total. The van der Waals surface area contributed by atoms with Gasteiger partial charge in [0, 0.05) is 25.1 Å². The molecule has 0 aliphatic rings. The van der Waals surface area contributed by atoms with Crippen LogP contribution in [-0.2, 0) is 11.2 Å². The molecule has 2 heterocycles. The van der Waals surface area contributed by atoms with Crippen LogP contribution >= 0.6 is 11.3 Å². The maximum atomic E-state index is 10.9. The molecule has 0 spiro atoms. The van der Waals surface area contributed by atoms with E-state index in [1.165, 1.54) is 16.9 Å². The smallest absolute Gasteiger partial charge is 0.347 e. The zero-order valence-electron chi connectivity index (χ0n) is 11.4. The summed E-state index contributed by atoms with van der Waals surface area (Å²) in [4.78, 5) is 16.4. The number of methoxy groups -OCH3 is 1. The lowest BCUT2D eigenvalue weighted by atomic mass is 10.1. The highest BCUT2D eigenvalue weighted by atomic mass is 32.1. The van der Waals surface area contributed by atoms with Crippen molar-refractivity contribution in [2.24, 2.45) is 0 Å². The predicted octanol–water partition coefficient (Wildman–Crippen LogP) is 2.95. The largest absolute Gasteiger partial charge is 0.477 e. The fraction of sp³-hybridized carbons (Fsp3) is 0.200. The Labute approximate surface area is 125 Å². The monoisotopic (exact) mass is 302 g/mol. The third-order valence-corrected chi connectivity index (χ3v) is 4.20. The fourth-order valence-corrected chi connectivity index (χ4v) is 2.90. The molecule has 0 saturated heterocycles. The quantitative estimate of drug-likeness (QED) is 0.787. The van der Waals surface area contributed by atoms with Crippen LogP contribution in [-0.4, -0.2) is 34.2 Å². The zero-order valence-corrected chi connectivity index (χ0v) is 12.3. The Morgan fingerprint density at radius 2 is 2.10 bits per heavy atom. The van der Waals surface area contributed by atoms with Crippen LogP contribution in [0.3, 0.4) is 0 Å². The van der Waals surface area contributed by atoms with Crippen molar-refractivity contribution < 1.29 is 14.6 Å². The Morgan fingerprint density at radius 3 is 2.71 bits per heavy atom. The van der Waals surface area contributed by atoms with E-state index in [0.29, 0.717) is 16.4 Å². The third-order valence-electron chi connectivity index (χ3n) is 3.21. The molecule has 108 valence electrons. The highest BCUT2D eigenvalue weighted by Crippen LogP contribution is 2.24. The van der Waals surface area contributed by atoms with Crippen molar-refractivity contribution in [1.29, 1.82) is 0 Å². The molecule has 0 bridgehead atoms. The summed E-state index contributed by atoms with van der Waals surface area (Å²) >= 11 is 1.17. The summed E-state index contributed by atoms with van der Waals surface area (Å²) in [6, 6.07) is 8.17. The van der Waals surface area contributed by atoms with Gasteiger partial charge in [0.05, 0.1) is 12.3 Å². The number of nitrogens with zero attached hydrogens (tertiary/aromatic N) is 2. The SMILES string of the molecule is COCCc1ccc(-c2cn3cc(C(=O)O)sc3n2)cc1. The molecular weight excluding hydrogens is 288 g/mol. The highest BCUT2D eigenvalue weighted by molar-refractivity contribution is 7.18. The Hall–Kier alpha value is -2.18. The number of hydrogen-bond acceptors (Lipinski definition) is 4. The third kappa shape index (κ3) is 2.81. The number of carbonyl (C=O) groups is 1. The first-order valence-corrected chi connectivity index (χ1v) is 7.29. The summed E-state index contributed by atoms with van der Waals surface area (Å²) in [5.74, 6) is -0.922. The van der Waals surface area contributed by atoms with Crippen LogP contribution in [0.1, 0.15) is 15.2 Å². The van der Waals surface area contributed by atoms with Crippen LogP contribution in [0.2, 0.25) is 0 Å². The van der Waals surface area contributed by atoms with Gasteiger partial charge in [-0.25, -0.2) is 9.78 Å². The van der Waals surface area contributed by atoms with E-state index < -0.39 is 5.97 Å². The van der Waals surface area contributed by atoms with Crippen LogP contribution in [0, 0.1) is 0 Å². The minimum Gasteiger partial charge on any atom is -0.477 e. The lowest BCUT2D eigenvalue weighted by molar-refractivity contribution is 0.0702. The molecule has 2 aromatic heterocycles. The number of rotatable bonds is 5. The van der Waals surface area contributed by atoms with E-state index in [4.69, 9.17) is 9.84 Å². The van der Waals surface area contributed by atoms with Crippen molar-refractivity contribution in [2.75, 3.05) is 13.7 Å². The molecule has 0 atom stereocenters. The second-order valence-corrected chi connectivity index (χ2v) is 5.67. The molecule has 0 aliphatic carbocycles. The molecule has 0 radical (unpaired) electrons. The normalized spacial score (nSPS) is 11.1. The van der Waals surface area contributed by atoms with Gasteiger partial charge in [0.15, 0.2) is 4.96 Å². The van der Waals surface area contributed by atoms with E-state index in [9.17, 15) is 4.79 Å².